The fourth-order valence-electron chi connectivity index (χ4n) is 12.2. The number of aromatic nitrogens is 2. The minimum absolute atomic E-state index is 0.0261. The lowest BCUT2D eigenvalue weighted by atomic mass is 9.84. The van der Waals surface area contributed by atoms with E-state index >= 15 is 8.78 Å². The minimum atomic E-state index is -1.12. The largest absolute Gasteiger partial charge is 0.480 e. The summed E-state index contributed by atoms with van der Waals surface area (Å²) < 4.78 is 98.1. The number of hydrogen-bond donors (Lipinski definition) is 2. The standard InChI is InChI=1S/C37H45F3N2O4.C19H21F2NO2.C17H25FN2O3/c1-7-46-35(45)18-27(30-15-28(16-31(39)37(30)40)36-23(4)9-8-10-24(36)5)17-33(43)32(13-22(2)3)42-19-26(25(6)14-34(42)44)11-12-41-20-29(38)21-41;1-4-24-17(23)10-16(22)14-8-13(9-15(20)19(14)21)18-11(2)6-5-7-12(18)3;1-11(2)6-15(17(22)23)20-8-13(12(3)7-16(20)21)4-5-19-9-14(18)10-19/h8-10,14-16,19,22,27,29,32H,7,11-13,17-18,20-21H2,1-6H3;5-9,16H,4,10,22H2,1-3H3;7-8,11,14-15H,4-6,9-10H2,1-3H3,(H,22,23)/t;16-;/m.0./s1. The summed E-state index contributed by atoms with van der Waals surface area (Å²) in [6.45, 7) is 25.7. The molecule has 20 heteroatoms. The highest BCUT2D eigenvalue weighted by Gasteiger charge is 2.33. The van der Waals surface area contributed by atoms with Gasteiger partial charge in [-0.3, -0.25) is 33.8 Å². The van der Waals surface area contributed by atoms with E-state index < -0.39 is 77.6 Å². The number of carboxylic acids is 1. The lowest BCUT2D eigenvalue weighted by Gasteiger charge is -2.34. The molecule has 2 saturated heterocycles. The second-order valence-electron chi connectivity index (χ2n) is 25.5. The number of nitrogens with two attached hydrogens (primary N) is 1. The Bertz CT molecular complexity index is 3680. The molecule has 4 atom stereocenters. The van der Waals surface area contributed by atoms with Crippen LogP contribution >= 0.6 is 0 Å². The van der Waals surface area contributed by atoms with Crippen molar-refractivity contribution in [2.24, 2.45) is 17.6 Å². The van der Waals surface area contributed by atoms with E-state index in [1.807, 2.05) is 115 Å². The molecule has 0 saturated carbocycles. The molecule has 14 nitrogen and oxygen atoms in total. The van der Waals surface area contributed by atoms with Gasteiger partial charge in [0.15, 0.2) is 29.1 Å². The topological polar surface area (TPSA) is 183 Å². The number of Topliss-reactive ketones (excluding diaryl/α,β-unsaturated/α-hetero) is 1. The van der Waals surface area contributed by atoms with Gasteiger partial charge in [0, 0.05) is 87.7 Å². The molecule has 504 valence electrons. The number of carbonyl (C=O) groups excluding carboxylic acids is 3. The van der Waals surface area contributed by atoms with Crippen LogP contribution in [0.5, 0.6) is 0 Å². The highest BCUT2D eigenvalue weighted by molar-refractivity contribution is 5.85. The number of rotatable bonds is 26. The van der Waals surface area contributed by atoms with Gasteiger partial charge in [-0.25, -0.2) is 31.1 Å². The average Bonchev–Trinajstić information content (AvgIpc) is 0.838. The SMILES string of the molecule is CCOC(=O)CC(CC(=O)C(CC(C)C)n1cc(CCN2CC(F)C2)c(C)cc1=O)c1cc(-c2c(C)cccc2C)cc(F)c1F.CCOC(=O)C[C@H](N)c1cc(-c2c(C)cccc2C)cc(F)c1F.Cc1cc(=O)n(C(CC(C)C)C(=O)O)cc1CCN1CC(F)C1. The molecule has 0 spiro atoms. The normalized spacial score (nSPS) is 14.8. The Hall–Kier alpha value is -7.68. The molecule has 3 N–H and O–H groups in total. The maximum absolute atomic E-state index is 15.6. The Balaban J connectivity index is 0.000000245. The first kappa shape index (κ1) is 74.4. The Morgan fingerprint density at radius 3 is 1.34 bits per heavy atom. The van der Waals surface area contributed by atoms with Gasteiger partial charge >= 0.3 is 17.9 Å². The Morgan fingerprint density at radius 1 is 0.559 bits per heavy atom. The Labute approximate surface area is 542 Å². The van der Waals surface area contributed by atoms with Crippen molar-refractivity contribution in [3.63, 3.8) is 0 Å². The third kappa shape index (κ3) is 20.2. The van der Waals surface area contributed by atoms with Crippen LogP contribution in [0, 0.1) is 76.6 Å². The Kier molecular flexibility index (Phi) is 27.1. The summed E-state index contributed by atoms with van der Waals surface area (Å²) in [6.07, 6.45) is 3.01. The van der Waals surface area contributed by atoms with E-state index in [0.29, 0.717) is 69.5 Å². The summed E-state index contributed by atoms with van der Waals surface area (Å²) >= 11 is 0. The zero-order valence-corrected chi connectivity index (χ0v) is 55.7. The first-order valence-electron chi connectivity index (χ1n) is 32.0. The third-order valence-corrected chi connectivity index (χ3v) is 17.1. The zero-order valence-electron chi connectivity index (χ0n) is 55.7. The molecule has 2 aliphatic rings. The monoisotopic (exact) mass is 1300 g/mol. The number of esters is 2. The van der Waals surface area contributed by atoms with E-state index in [9.17, 15) is 51.4 Å². The van der Waals surface area contributed by atoms with Crippen LogP contribution in [0.1, 0.15) is 153 Å². The molecule has 3 unspecified atom stereocenters. The van der Waals surface area contributed by atoms with Crippen LogP contribution in [0.3, 0.4) is 0 Å². The number of alkyl halides is 2. The lowest BCUT2D eigenvalue weighted by molar-refractivity contribution is -0.144. The number of hydrogen-bond acceptors (Lipinski definition) is 11. The number of halogens is 6. The number of benzene rings is 4. The molecule has 2 fully saturated rings. The van der Waals surface area contributed by atoms with Crippen molar-refractivity contribution in [3.05, 3.63) is 185 Å². The van der Waals surface area contributed by atoms with Crippen LogP contribution < -0.4 is 16.9 Å². The highest BCUT2D eigenvalue weighted by Crippen LogP contribution is 2.38. The number of nitrogens with zero attached hydrogens (tertiary/aromatic N) is 4. The summed E-state index contributed by atoms with van der Waals surface area (Å²) in [4.78, 5) is 79.6. The van der Waals surface area contributed by atoms with Gasteiger partial charge in [0.1, 0.15) is 18.4 Å². The predicted molar refractivity (Wildman–Crippen MR) is 350 cm³/mol. The van der Waals surface area contributed by atoms with E-state index in [4.69, 9.17) is 15.2 Å². The van der Waals surface area contributed by atoms with Gasteiger partial charge in [0.2, 0.25) is 0 Å². The third-order valence-electron chi connectivity index (χ3n) is 17.1. The summed E-state index contributed by atoms with van der Waals surface area (Å²) in [5.74, 6) is -7.54. The van der Waals surface area contributed by atoms with Crippen LogP contribution in [0.4, 0.5) is 26.3 Å². The second kappa shape index (κ2) is 33.9. The number of carbonyl (C=O) groups is 4. The maximum atomic E-state index is 15.6. The van der Waals surface area contributed by atoms with Crippen LogP contribution in [0.25, 0.3) is 22.3 Å². The van der Waals surface area contributed by atoms with E-state index in [1.165, 1.54) is 33.4 Å². The van der Waals surface area contributed by atoms with Gasteiger partial charge < -0.3 is 29.4 Å². The molecule has 0 amide bonds. The van der Waals surface area contributed by atoms with E-state index in [1.54, 1.807) is 26.2 Å². The van der Waals surface area contributed by atoms with Crippen molar-refractivity contribution < 1.29 is 60.1 Å². The number of pyridine rings is 2. The second-order valence-corrected chi connectivity index (χ2v) is 25.5. The maximum Gasteiger partial charge on any atom is 0.326 e. The van der Waals surface area contributed by atoms with Crippen molar-refractivity contribution in [3.8, 4) is 22.3 Å². The van der Waals surface area contributed by atoms with E-state index in [0.717, 1.165) is 74.3 Å². The fourth-order valence-corrected chi connectivity index (χ4v) is 12.2. The summed E-state index contributed by atoms with van der Waals surface area (Å²) in [6, 6.07) is 17.0. The number of ketones is 1. The quantitative estimate of drug-likeness (QED) is 0.0388. The van der Waals surface area contributed by atoms with Crippen LogP contribution in [0.2, 0.25) is 0 Å². The van der Waals surface area contributed by atoms with Crippen molar-refractivity contribution in [2.75, 3.05) is 52.5 Å². The lowest BCUT2D eigenvalue weighted by Crippen LogP contribution is -2.49. The summed E-state index contributed by atoms with van der Waals surface area (Å²) in [5, 5.41) is 9.45. The van der Waals surface area contributed by atoms with Crippen LogP contribution in [0.15, 0.2) is 94.8 Å². The molecule has 0 aliphatic carbocycles. The summed E-state index contributed by atoms with van der Waals surface area (Å²) in [5.41, 5.74) is 14.9. The minimum Gasteiger partial charge on any atom is -0.480 e. The van der Waals surface area contributed by atoms with Crippen LogP contribution in [-0.2, 0) is 41.5 Å². The smallest absolute Gasteiger partial charge is 0.326 e. The zero-order chi connectivity index (χ0) is 68.7. The van der Waals surface area contributed by atoms with Crippen molar-refractivity contribution in [1.82, 2.24) is 18.9 Å². The molecule has 0 bridgehead atoms. The van der Waals surface area contributed by atoms with Crippen molar-refractivity contribution >= 4 is 23.7 Å². The number of aryl methyl sites for hydroxylation is 6. The molecule has 8 rings (SSSR count). The van der Waals surface area contributed by atoms with Gasteiger partial charge in [0.25, 0.3) is 11.1 Å². The highest BCUT2D eigenvalue weighted by atomic mass is 19.2. The van der Waals surface area contributed by atoms with Gasteiger partial charge in [0.05, 0.1) is 32.1 Å². The van der Waals surface area contributed by atoms with Gasteiger partial charge in [-0.2, -0.15) is 0 Å². The van der Waals surface area contributed by atoms with Gasteiger partial charge in [-0.05, 0) is 189 Å². The number of likely N-dealkylation sites (tertiary alicyclic amines) is 2. The molecule has 4 heterocycles. The molecule has 2 aliphatic heterocycles. The predicted octanol–water partition coefficient (Wildman–Crippen LogP) is 13.4. The van der Waals surface area contributed by atoms with E-state index in [2.05, 4.69) is 0 Å². The Morgan fingerprint density at radius 2 is 0.946 bits per heavy atom. The molecular formula is C73H91F6N5O9. The molecule has 93 heavy (non-hydrogen) atoms. The van der Waals surface area contributed by atoms with Crippen LogP contribution in [-0.4, -0.2) is 113 Å². The average molecular weight is 1300 g/mol. The first-order chi connectivity index (χ1) is 43.9. The van der Waals surface area contributed by atoms with Crippen molar-refractivity contribution in [1.29, 1.82) is 0 Å². The first-order valence-corrected chi connectivity index (χ1v) is 32.0. The fraction of sp³-hybridized carbons (Fsp3) is 0.479. The van der Waals surface area contributed by atoms with E-state index in [-0.39, 0.29) is 72.3 Å². The van der Waals surface area contributed by atoms with Crippen molar-refractivity contribution in [2.45, 2.75) is 164 Å². The molecular weight excluding hydrogens is 1200 g/mol. The number of carboxylic acid groups (broad SMARTS) is 1. The number of aliphatic carboxylic acids is 1. The molecule has 4 aromatic carbocycles. The molecule has 0 radical (unpaired) electrons. The molecule has 6 aromatic rings. The molecule has 2 aromatic heterocycles. The van der Waals surface area contributed by atoms with Gasteiger partial charge in [-0.15, -0.1) is 0 Å². The number of ether oxygens (including phenoxy) is 2. The summed E-state index contributed by atoms with van der Waals surface area (Å²) in [7, 11) is 0. The van der Waals surface area contributed by atoms with Gasteiger partial charge in [-0.1, -0.05) is 64.1 Å².